The lowest BCUT2D eigenvalue weighted by Crippen LogP contribution is -2.29. The van der Waals surface area contributed by atoms with Crippen LogP contribution in [0.5, 0.6) is 0 Å². The van der Waals surface area contributed by atoms with Crippen molar-refractivity contribution in [2.45, 2.75) is 46.0 Å². The van der Waals surface area contributed by atoms with Crippen LogP contribution in [0.25, 0.3) is 0 Å². The average Bonchev–Trinajstić information content (AvgIpc) is 2.86. The van der Waals surface area contributed by atoms with Crippen LogP contribution in [-0.2, 0) is 0 Å². The fraction of sp³-hybridized carbons (Fsp3) is 0.643. The molecule has 2 rings (SSSR count). The maximum absolute atomic E-state index is 12.7. The van der Waals surface area contributed by atoms with Crippen LogP contribution in [0.1, 0.15) is 55.6 Å². The van der Waals surface area contributed by atoms with Gasteiger partial charge in [-0.15, -0.1) is 11.3 Å². The van der Waals surface area contributed by atoms with Gasteiger partial charge in [0.25, 0.3) is 0 Å². The Hall–Kier alpha value is -0.340. The maximum Gasteiger partial charge on any atom is 0.180 e. The molecule has 1 aliphatic carbocycles. The van der Waals surface area contributed by atoms with Gasteiger partial charge < -0.3 is 0 Å². The largest absolute Gasteiger partial charge is 0.293 e. The third-order valence-corrected chi connectivity index (χ3v) is 5.00. The van der Waals surface area contributed by atoms with Crippen molar-refractivity contribution >= 4 is 28.7 Å². The lowest BCUT2D eigenvalue weighted by molar-refractivity contribution is 0.0765. The summed E-state index contributed by atoms with van der Waals surface area (Å²) in [5.74, 6) is 0.861. The zero-order chi connectivity index (χ0) is 12.5. The van der Waals surface area contributed by atoms with E-state index >= 15 is 0 Å². The van der Waals surface area contributed by atoms with Gasteiger partial charge in [-0.2, -0.15) is 0 Å². The first kappa shape index (κ1) is 13.1. The molecular formula is C14H19ClOS. The highest BCUT2D eigenvalue weighted by Crippen LogP contribution is 2.47. The zero-order valence-electron chi connectivity index (χ0n) is 10.5. The molecule has 1 aliphatic rings. The summed E-state index contributed by atoms with van der Waals surface area (Å²) in [6.45, 7) is 4.40. The van der Waals surface area contributed by atoms with Gasteiger partial charge >= 0.3 is 0 Å². The van der Waals surface area contributed by atoms with Crippen molar-refractivity contribution in [3.8, 4) is 0 Å². The second-order valence-corrected chi connectivity index (χ2v) is 6.84. The van der Waals surface area contributed by atoms with Gasteiger partial charge in [0.15, 0.2) is 5.78 Å². The van der Waals surface area contributed by atoms with Crippen molar-refractivity contribution in [3.05, 3.63) is 21.3 Å². The number of halogens is 1. The molecule has 0 atom stereocenters. The lowest BCUT2D eigenvalue weighted by Gasteiger charge is -2.29. The van der Waals surface area contributed by atoms with Gasteiger partial charge in [0.1, 0.15) is 0 Å². The van der Waals surface area contributed by atoms with Gasteiger partial charge in [0.05, 0.1) is 9.90 Å². The van der Waals surface area contributed by atoms with Gasteiger partial charge in [-0.3, -0.25) is 4.79 Å². The van der Waals surface area contributed by atoms with Crippen LogP contribution >= 0.6 is 22.9 Å². The molecule has 94 valence electrons. The van der Waals surface area contributed by atoms with Gasteiger partial charge in [-0.25, -0.2) is 0 Å². The van der Waals surface area contributed by atoms with E-state index in [0.717, 1.165) is 24.1 Å². The van der Waals surface area contributed by atoms with Crippen molar-refractivity contribution in [1.29, 1.82) is 0 Å². The quantitative estimate of drug-likeness (QED) is 0.688. The molecule has 0 aromatic carbocycles. The molecule has 0 radical (unpaired) electrons. The molecule has 1 fully saturated rings. The standard InChI is InChI=1S/C14H19ClOS/c1-10(2)9-14(6-3-4-7-14)13(16)12-11(15)5-8-17-12/h5,8,10H,3-4,6-7,9H2,1-2H3. The van der Waals surface area contributed by atoms with Crippen molar-refractivity contribution in [2.24, 2.45) is 11.3 Å². The predicted molar refractivity (Wildman–Crippen MR) is 74.0 cm³/mol. The molecule has 0 aliphatic heterocycles. The Morgan fingerprint density at radius 3 is 2.59 bits per heavy atom. The minimum Gasteiger partial charge on any atom is -0.293 e. The topological polar surface area (TPSA) is 17.1 Å². The maximum atomic E-state index is 12.7. The van der Waals surface area contributed by atoms with Gasteiger partial charge in [-0.05, 0) is 36.6 Å². The zero-order valence-corrected chi connectivity index (χ0v) is 12.0. The fourth-order valence-corrected chi connectivity index (χ4v) is 4.26. The normalized spacial score (nSPS) is 18.8. The van der Waals surface area contributed by atoms with E-state index in [0.29, 0.717) is 16.7 Å². The molecule has 1 aromatic heterocycles. The minimum absolute atomic E-state index is 0.122. The Labute approximate surface area is 112 Å². The van der Waals surface area contributed by atoms with Gasteiger partial charge in [-0.1, -0.05) is 38.3 Å². The molecule has 1 aromatic rings. The summed E-state index contributed by atoms with van der Waals surface area (Å²) in [5.41, 5.74) is -0.122. The molecule has 1 nitrogen and oxygen atoms in total. The second kappa shape index (κ2) is 5.11. The van der Waals surface area contributed by atoms with Crippen LogP contribution in [0.2, 0.25) is 5.02 Å². The van der Waals surface area contributed by atoms with Crippen LogP contribution in [0, 0.1) is 11.3 Å². The molecule has 0 amide bonds. The van der Waals surface area contributed by atoms with E-state index in [1.165, 1.54) is 24.2 Å². The van der Waals surface area contributed by atoms with Gasteiger partial charge in [0, 0.05) is 5.41 Å². The molecular weight excluding hydrogens is 252 g/mol. The van der Waals surface area contributed by atoms with E-state index in [9.17, 15) is 4.79 Å². The average molecular weight is 271 g/mol. The molecule has 1 heterocycles. The van der Waals surface area contributed by atoms with E-state index in [4.69, 9.17) is 11.6 Å². The first-order valence-corrected chi connectivity index (χ1v) is 7.59. The molecule has 0 spiro atoms. The van der Waals surface area contributed by atoms with Crippen molar-refractivity contribution in [2.75, 3.05) is 0 Å². The number of hydrogen-bond donors (Lipinski definition) is 0. The van der Waals surface area contributed by atoms with E-state index < -0.39 is 0 Å². The summed E-state index contributed by atoms with van der Waals surface area (Å²) < 4.78 is 0. The predicted octanol–water partition coefficient (Wildman–Crippen LogP) is 5.19. The van der Waals surface area contributed by atoms with E-state index in [-0.39, 0.29) is 5.41 Å². The summed E-state index contributed by atoms with van der Waals surface area (Å²) in [5, 5.41) is 2.54. The molecule has 1 saturated carbocycles. The second-order valence-electron chi connectivity index (χ2n) is 5.51. The number of ketones is 1. The number of carbonyl (C=O) groups is 1. The van der Waals surface area contributed by atoms with Crippen molar-refractivity contribution in [1.82, 2.24) is 0 Å². The Morgan fingerprint density at radius 1 is 1.47 bits per heavy atom. The number of thiophene rings is 1. The molecule has 0 unspecified atom stereocenters. The summed E-state index contributed by atoms with van der Waals surface area (Å²) in [6.07, 6.45) is 5.44. The molecule has 0 N–H and O–H groups in total. The third kappa shape index (κ3) is 2.58. The molecule has 0 bridgehead atoms. The van der Waals surface area contributed by atoms with E-state index in [1.54, 1.807) is 0 Å². The first-order valence-electron chi connectivity index (χ1n) is 6.33. The Morgan fingerprint density at radius 2 is 2.12 bits per heavy atom. The van der Waals surface area contributed by atoms with Crippen LogP contribution in [0.4, 0.5) is 0 Å². The highest BCUT2D eigenvalue weighted by atomic mass is 35.5. The summed E-state index contributed by atoms with van der Waals surface area (Å²) in [7, 11) is 0. The van der Waals surface area contributed by atoms with Crippen LogP contribution in [-0.4, -0.2) is 5.78 Å². The molecule has 3 heteroatoms. The monoisotopic (exact) mass is 270 g/mol. The number of hydrogen-bond acceptors (Lipinski definition) is 2. The number of rotatable bonds is 4. The highest BCUT2D eigenvalue weighted by Gasteiger charge is 2.42. The lowest BCUT2D eigenvalue weighted by atomic mass is 9.74. The Bertz CT molecular complexity index is 402. The highest BCUT2D eigenvalue weighted by molar-refractivity contribution is 7.12. The van der Waals surface area contributed by atoms with Crippen LogP contribution in [0.3, 0.4) is 0 Å². The molecule has 0 saturated heterocycles. The Balaban J connectivity index is 2.28. The first-order chi connectivity index (χ1) is 8.05. The third-order valence-electron chi connectivity index (χ3n) is 3.66. The van der Waals surface area contributed by atoms with Gasteiger partial charge in [0.2, 0.25) is 0 Å². The fourth-order valence-electron chi connectivity index (χ4n) is 3.05. The number of carbonyl (C=O) groups excluding carboxylic acids is 1. The number of Topliss-reactive ketones (excluding diaryl/α,β-unsaturated/α-hetero) is 1. The SMILES string of the molecule is CC(C)CC1(C(=O)c2sccc2Cl)CCCC1. The van der Waals surface area contributed by atoms with Crippen molar-refractivity contribution in [3.63, 3.8) is 0 Å². The molecule has 17 heavy (non-hydrogen) atoms. The summed E-state index contributed by atoms with van der Waals surface area (Å²) >= 11 is 7.59. The van der Waals surface area contributed by atoms with E-state index in [2.05, 4.69) is 13.8 Å². The van der Waals surface area contributed by atoms with Crippen LogP contribution < -0.4 is 0 Å². The minimum atomic E-state index is -0.122. The Kier molecular flexibility index (Phi) is 3.94. The summed E-state index contributed by atoms with van der Waals surface area (Å²) in [4.78, 5) is 13.5. The van der Waals surface area contributed by atoms with E-state index in [1.807, 2.05) is 11.4 Å². The summed E-state index contributed by atoms with van der Waals surface area (Å²) in [6, 6.07) is 1.83. The van der Waals surface area contributed by atoms with Crippen LogP contribution in [0.15, 0.2) is 11.4 Å². The smallest absolute Gasteiger partial charge is 0.180 e. The van der Waals surface area contributed by atoms with Crippen molar-refractivity contribution < 1.29 is 4.79 Å².